The number of benzene rings is 1. The van der Waals surface area contributed by atoms with E-state index in [2.05, 4.69) is 15.0 Å². The number of nitrogens with one attached hydrogen (secondary N) is 1. The van der Waals surface area contributed by atoms with E-state index in [0.29, 0.717) is 37.6 Å². The molecule has 10 heteroatoms. The largest absolute Gasteiger partial charge is 0.468 e. The zero-order valence-electron chi connectivity index (χ0n) is 16.2. The fourth-order valence-electron chi connectivity index (χ4n) is 2.92. The van der Waals surface area contributed by atoms with Crippen molar-refractivity contribution in [3.63, 3.8) is 0 Å². The van der Waals surface area contributed by atoms with Crippen molar-refractivity contribution < 1.29 is 32.2 Å². The van der Waals surface area contributed by atoms with E-state index >= 15 is 0 Å². The highest BCUT2D eigenvalue weighted by atomic mass is 32.2. The number of esters is 1. The molecule has 1 saturated heterocycles. The van der Waals surface area contributed by atoms with Crippen LogP contribution in [0.2, 0.25) is 0 Å². The average Bonchev–Trinajstić information content (AvgIpc) is 2.71. The smallest absolute Gasteiger partial charge is 0.416 e. The predicted octanol–water partition coefficient (Wildman–Crippen LogP) is 2.49. The molecular weight excluding hydrogens is 409 g/mol. The summed E-state index contributed by atoms with van der Waals surface area (Å²) in [5, 5.41) is 2.85. The SMILES string of the molecule is COC(=O)CSCCC(=O)NCC(c1ccc(C(F)(F)F)cc1)N1CCOCC1. The Bertz CT molecular complexity index is 664. The maximum atomic E-state index is 12.8. The number of amides is 1. The summed E-state index contributed by atoms with van der Waals surface area (Å²) >= 11 is 1.31. The van der Waals surface area contributed by atoms with E-state index in [-0.39, 0.29) is 36.6 Å². The second kappa shape index (κ2) is 11.4. The first kappa shape index (κ1) is 23.5. The normalized spacial score (nSPS) is 16.3. The zero-order chi connectivity index (χ0) is 21.3. The molecule has 0 spiro atoms. The van der Waals surface area contributed by atoms with Gasteiger partial charge in [-0.3, -0.25) is 14.5 Å². The third-order valence-corrected chi connectivity index (χ3v) is 5.46. The van der Waals surface area contributed by atoms with E-state index in [4.69, 9.17) is 4.74 Å². The maximum Gasteiger partial charge on any atom is 0.416 e. The third-order valence-electron chi connectivity index (χ3n) is 4.52. The van der Waals surface area contributed by atoms with Gasteiger partial charge in [0.2, 0.25) is 5.91 Å². The maximum absolute atomic E-state index is 12.8. The molecular formula is C19H25F3N2O4S. The summed E-state index contributed by atoms with van der Waals surface area (Å²) < 4.78 is 48.4. The summed E-state index contributed by atoms with van der Waals surface area (Å²) in [5.41, 5.74) is 0.00825. The number of methoxy groups -OCH3 is 1. The van der Waals surface area contributed by atoms with Gasteiger partial charge in [-0.2, -0.15) is 13.2 Å². The second-order valence-corrected chi connectivity index (χ2v) is 7.57. The molecule has 0 saturated carbocycles. The lowest BCUT2D eigenvalue weighted by Crippen LogP contribution is -2.43. The van der Waals surface area contributed by atoms with Gasteiger partial charge in [-0.1, -0.05) is 12.1 Å². The molecule has 162 valence electrons. The Hall–Kier alpha value is -1.78. The molecule has 1 unspecified atom stereocenters. The molecule has 0 aromatic heterocycles. The predicted molar refractivity (Wildman–Crippen MR) is 104 cm³/mol. The summed E-state index contributed by atoms with van der Waals surface area (Å²) in [5.74, 6) is 0.146. The molecule has 1 heterocycles. The van der Waals surface area contributed by atoms with Gasteiger partial charge in [-0.05, 0) is 17.7 Å². The van der Waals surface area contributed by atoms with Gasteiger partial charge >= 0.3 is 12.1 Å². The highest BCUT2D eigenvalue weighted by molar-refractivity contribution is 7.99. The van der Waals surface area contributed by atoms with Crippen molar-refractivity contribution in [2.24, 2.45) is 0 Å². The minimum absolute atomic E-state index is 0.174. The Morgan fingerprint density at radius 1 is 1.24 bits per heavy atom. The molecule has 0 radical (unpaired) electrons. The van der Waals surface area contributed by atoms with Crippen molar-refractivity contribution in [3.8, 4) is 0 Å². The van der Waals surface area contributed by atoms with Crippen LogP contribution in [0.3, 0.4) is 0 Å². The Morgan fingerprint density at radius 2 is 1.90 bits per heavy atom. The molecule has 6 nitrogen and oxygen atoms in total. The third kappa shape index (κ3) is 7.87. The van der Waals surface area contributed by atoms with E-state index in [9.17, 15) is 22.8 Å². The van der Waals surface area contributed by atoms with Crippen LogP contribution in [0.15, 0.2) is 24.3 Å². The second-order valence-electron chi connectivity index (χ2n) is 6.47. The standard InChI is InChI=1S/C19H25F3N2O4S/c1-27-18(26)13-29-11-6-17(25)23-12-16(24-7-9-28-10-8-24)14-2-4-15(5-3-14)19(20,21)22/h2-5,16H,6-13H2,1H3,(H,23,25). The average molecular weight is 434 g/mol. The van der Waals surface area contributed by atoms with Gasteiger partial charge in [-0.25, -0.2) is 0 Å². The molecule has 1 aromatic rings. The van der Waals surface area contributed by atoms with Crippen LogP contribution in [0.25, 0.3) is 0 Å². The Kier molecular flexibility index (Phi) is 9.25. The van der Waals surface area contributed by atoms with E-state index in [1.165, 1.54) is 31.0 Å². The van der Waals surface area contributed by atoms with Crippen molar-refractivity contribution in [1.82, 2.24) is 10.2 Å². The van der Waals surface area contributed by atoms with Gasteiger partial charge in [0.05, 0.1) is 37.7 Å². The van der Waals surface area contributed by atoms with E-state index < -0.39 is 11.7 Å². The number of nitrogens with zero attached hydrogens (tertiary/aromatic N) is 1. The van der Waals surface area contributed by atoms with Gasteiger partial charge < -0.3 is 14.8 Å². The van der Waals surface area contributed by atoms with Crippen LogP contribution in [0.5, 0.6) is 0 Å². The lowest BCUT2D eigenvalue weighted by Gasteiger charge is -2.35. The molecule has 2 rings (SSSR count). The number of rotatable bonds is 9. The van der Waals surface area contributed by atoms with Crippen LogP contribution in [-0.4, -0.2) is 68.2 Å². The van der Waals surface area contributed by atoms with Crippen LogP contribution >= 0.6 is 11.8 Å². The molecule has 1 fully saturated rings. The van der Waals surface area contributed by atoms with Gasteiger partial charge in [0, 0.05) is 31.8 Å². The molecule has 1 atom stereocenters. The summed E-state index contributed by atoms with van der Waals surface area (Å²) in [4.78, 5) is 25.3. The quantitative estimate of drug-likeness (QED) is 0.476. The first-order valence-electron chi connectivity index (χ1n) is 9.21. The van der Waals surface area contributed by atoms with Crippen molar-refractivity contribution in [1.29, 1.82) is 0 Å². The van der Waals surface area contributed by atoms with Crippen LogP contribution in [0.4, 0.5) is 13.2 Å². The van der Waals surface area contributed by atoms with Crippen molar-refractivity contribution in [3.05, 3.63) is 35.4 Å². The van der Waals surface area contributed by atoms with Crippen LogP contribution < -0.4 is 5.32 Å². The number of halogens is 3. The minimum atomic E-state index is -4.39. The van der Waals surface area contributed by atoms with Crippen molar-refractivity contribution in [2.75, 3.05) is 51.5 Å². The number of thioether (sulfide) groups is 1. The van der Waals surface area contributed by atoms with E-state index in [0.717, 1.165) is 12.1 Å². The molecule has 1 N–H and O–H groups in total. The van der Waals surface area contributed by atoms with Gasteiger partial charge in [0.15, 0.2) is 0 Å². The lowest BCUT2D eigenvalue weighted by atomic mass is 10.0. The molecule has 0 aliphatic carbocycles. The molecule has 0 bridgehead atoms. The molecule has 1 amide bonds. The summed E-state index contributed by atoms with van der Waals surface area (Å²) in [6.45, 7) is 2.63. The van der Waals surface area contributed by atoms with Gasteiger partial charge in [0.25, 0.3) is 0 Å². The highest BCUT2D eigenvalue weighted by Gasteiger charge is 2.31. The number of morpholine rings is 1. The molecule has 1 aliphatic heterocycles. The Balaban J connectivity index is 1.94. The van der Waals surface area contributed by atoms with Crippen LogP contribution in [0.1, 0.15) is 23.6 Å². The van der Waals surface area contributed by atoms with E-state index in [1.807, 2.05) is 0 Å². The van der Waals surface area contributed by atoms with Crippen LogP contribution in [-0.2, 0) is 25.2 Å². The molecule has 1 aromatic carbocycles. The first-order valence-corrected chi connectivity index (χ1v) is 10.4. The fraction of sp³-hybridized carbons (Fsp3) is 0.579. The Labute approximate surface area is 172 Å². The first-order chi connectivity index (χ1) is 13.8. The van der Waals surface area contributed by atoms with Crippen molar-refractivity contribution >= 4 is 23.6 Å². The fourth-order valence-corrected chi connectivity index (χ4v) is 3.68. The van der Waals surface area contributed by atoms with E-state index in [1.54, 1.807) is 0 Å². The number of ether oxygens (including phenoxy) is 2. The summed E-state index contributed by atoms with van der Waals surface area (Å²) in [6.07, 6.45) is -4.15. The summed E-state index contributed by atoms with van der Waals surface area (Å²) in [7, 11) is 1.31. The zero-order valence-corrected chi connectivity index (χ0v) is 17.0. The number of carbonyl (C=O) groups excluding carboxylic acids is 2. The molecule has 29 heavy (non-hydrogen) atoms. The monoisotopic (exact) mass is 434 g/mol. The number of hydrogen-bond donors (Lipinski definition) is 1. The van der Waals surface area contributed by atoms with Gasteiger partial charge in [-0.15, -0.1) is 11.8 Å². The minimum Gasteiger partial charge on any atom is -0.468 e. The number of hydrogen-bond acceptors (Lipinski definition) is 6. The molecule has 1 aliphatic rings. The number of carbonyl (C=O) groups is 2. The van der Waals surface area contributed by atoms with Gasteiger partial charge in [0.1, 0.15) is 0 Å². The topological polar surface area (TPSA) is 67.9 Å². The summed E-state index contributed by atoms with van der Waals surface area (Å²) in [6, 6.07) is 4.80. The Morgan fingerprint density at radius 3 is 2.48 bits per heavy atom. The van der Waals surface area contributed by atoms with Crippen molar-refractivity contribution in [2.45, 2.75) is 18.6 Å². The van der Waals surface area contributed by atoms with Crippen LogP contribution in [0, 0.1) is 0 Å². The lowest BCUT2D eigenvalue weighted by molar-refractivity contribution is -0.138. The highest BCUT2D eigenvalue weighted by Crippen LogP contribution is 2.31. The number of alkyl halides is 3.